The fourth-order valence-electron chi connectivity index (χ4n) is 3.15. The van der Waals surface area contributed by atoms with Crippen LogP contribution >= 0.6 is 23.2 Å². The molecular weight excluding hydrogens is 457 g/mol. The number of carbonyl (C=O) groups excluding carboxylic acids is 3. The zero-order valence-corrected chi connectivity index (χ0v) is 18.1. The Hall–Kier alpha value is -3.49. The predicted octanol–water partition coefficient (Wildman–Crippen LogP) is 4.13. The third-order valence-corrected chi connectivity index (χ3v) is 5.25. The zero-order chi connectivity index (χ0) is 22.7. The highest BCUT2D eigenvalue weighted by molar-refractivity contribution is 6.35. The topological polar surface area (TPSA) is 93.8 Å². The molecule has 1 aliphatic heterocycles. The molecule has 32 heavy (non-hydrogen) atoms. The summed E-state index contributed by atoms with van der Waals surface area (Å²) in [6, 6.07) is 11.0. The quantitative estimate of drug-likeness (QED) is 0.411. The smallest absolute Gasteiger partial charge is 0.331 e. The van der Waals surface area contributed by atoms with E-state index in [1.165, 1.54) is 12.3 Å². The number of hydrogen-bond donors (Lipinski definition) is 1. The minimum Gasteiger partial charge on any atom is -0.490 e. The van der Waals surface area contributed by atoms with E-state index in [2.05, 4.69) is 5.32 Å². The number of carbonyl (C=O) groups is 3. The van der Waals surface area contributed by atoms with Gasteiger partial charge in [-0.05, 0) is 48.5 Å². The van der Waals surface area contributed by atoms with Gasteiger partial charge in [0.05, 0.1) is 24.4 Å². The number of hydrogen-bond acceptors (Lipinski definition) is 5. The van der Waals surface area contributed by atoms with Crippen LogP contribution in [0.1, 0.15) is 11.5 Å². The molecule has 3 aromatic rings. The lowest BCUT2D eigenvalue weighted by Gasteiger charge is -2.25. The van der Waals surface area contributed by atoms with Crippen molar-refractivity contribution in [3.8, 4) is 5.75 Å². The molecule has 4 rings (SSSR count). The molecule has 0 bridgehead atoms. The molecule has 8 nitrogen and oxygen atoms in total. The van der Waals surface area contributed by atoms with Gasteiger partial charge in [-0.25, -0.2) is 4.79 Å². The van der Waals surface area contributed by atoms with E-state index in [4.69, 9.17) is 32.4 Å². The first-order valence-electron chi connectivity index (χ1n) is 9.56. The molecule has 0 aliphatic carbocycles. The van der Waals surface area contributed by atoms with Crippen LogP contribution < -0.4 is 10.1 Å². The third kappa shape index (κ3) is 4.71. The van der Waals surface area contributed by atoms with E-state index in [0.29, 0.717) is 33.8 Å². The number of nitrogens with zero attached hydrogens (tertiary/aromatic N) is 2. The maximum Gasteiger partial charge on any atom is 0.331 e. The number of halogens is 2. The second-order valence-corrected chi connectivity index (χ2v) is 7.68. The molecule has 1 N–H and O–H groups in total. The standard InChI is InChI=1S/C22H17Cl2N3O5/c23-14-5-6-19(18(24)11-14)32-10-8-26-7-1-3-15(26)12-17-20(28)25-22(30)27(21(17)29)13-16-4-2-9-31-16/h1-7,9,11-12H,8,10,13H2,(H,25,28,30)/b17-12+. The molecule has 1 saturated heterocycles. The normalized spacial score (nSPS) is 15.4. The van der Waals surface area contributed by atoms with Gasteiger partial charge in [0, 0.05) is 16.9 Å². The zero-order valence-electron chi connectivity index (χ0n) is 16.6. The van der Waals surface area contributed by atoms with Gasteiger partial charge < -0.3 is 13.7 Å². The van der Waals surface area contributed by atoms with E-state index < -0.39 is 17.8 Å². The maximum absolute atomic E-state index is 12.8. The molecule has 0 saturated carbocycles. The molecule has 10 heteroatoms. The van der Waals surface area contributed by atoms with Crippen LogP contribution in [0.15, 0.2) is 64.9 Å². The number of urea groups is 1. The monoisotopic (exact) mass is 473 g/mol. The summed E-state index contributed by atoms with van der Waals surface area (Å²) in [4.78, 5) is 38.2. The van der Waals surface area contributed by atoms with Crippen molar-refractivity contribution in [2.75, 3.05) is 6.61 Å². The Morgan fingerprint density at radius 2 is 1.94 bits per heavy atom. The van der Waals surface area contributed by atoms with Gasteiger partial charge >= 0.3 is 6.03 Å². The van der Waals surface area contributed by atoms with Gasteiger partial charge in [0.2, 0.25) is 0 Å². The van der Waals surface area contributed by atoms with Gasteiger partial charge in [-0.3, -0.25) is 19.8 Å². The number of rotatable bonds is 7. The van der Waals surface area contributed by atoms with Crippen LogP contribution in [0.4, 0.5) is 4.79 Å². The molecule has 3 heterocycles. The molecule has 1 fully saturated rings. The third-order valence-electron chi connectivity index (χ3n) is 4.72. The second kappa shape index (κ2) is 9.33. The Morgan fingerprint density at radius 3 is 2.69 bits per heavy atom. The first-order chi connectivity index (χ1) is 15.4. The van der Waals surface area contributed by atoms with Crippen LogP contribution in [0.3, 0.4) is 0 Å². The summed E-state index contributed by atoms with van der Waals surface area (Å²) in [6.45, 7) is 0.629. The van der Waals surface area contributed by atoms with E-state index in [0.717, 1.165) is 4.90 Å². The Balaban J connectivity index is 1.48. The summed E-state index contributed by atoms with van der Waals surface area (Å²) >= 11 is 12.0. The fourth-order valence-corrected chi connectivity index (χ4v) is 3.62. The molecule has 0 unspecified atom stereocenters. The lowest BCUT2D eigenvalue weighted by atomic mass is 10.1. The van der Waals surface area contributed by atoms with E-state index in [1.54, 1.807) is 48.7 Å². The van der Waals surface area contributed by atoms with Crippen LogP contribution in [0.25, 0.3) is 6.08 Å². The predicted molar refractivity (Wildman–Crippen MR) is 117 cm³/mol. The summed E-state index contributed by atoms with van der Waals surface area (Å²) in [5, 5.41) is 3.10. The highest BCUT2D eigenvalue weighted by Crippen LogP contribution is 2.27. The molecule has 1 aromatic carbocycles. The van der Waals surface area contributed by atoms with Crippen molar-refractivity contribution in [1.82, 2.24) is 14.8 Å². The molecule has 2 aromatic heterocycles. The van der Waals surface area contributed by atoms with Gasteiger partial charge in [-0.2, -0.15) is 0 Å². The summed E-state index contributed by atoms with van der Waals surface area (Å²) in [7, 11) is 0. The van der Waals surface area contributed by atoms with E-state index in [-0.39, 0.29) is 18.7 Å². The van der Waals surface area contributed by atoms with Crippen LogP contribution in [0, 0.1) is 0 Å². The number of nitrogens with one attached hydrogen (secondary N) is 1. The number of benzene rings is 1. The van der Waals surface area contributed by atoms with Crippen molar-refractivity contribution < 1.29 is 23.5 Å². The Morgan fingerprint density at radius 1 is 1.09 bits per heavy atom. The minimum atomic E-state index is -0.794. The Kier molecular flexibility index (Phi) is 6.34. The van der Waals surface area contributed by atoms with E-state index in [1.807, 2.05) is 4.57 Å². The van der Waals surface area contributed by atoms with Crippen molar-refractivity contribution >= 4 is 47.1 Å². The minimum absolute atomic E-state index is 0.0843. The molecule has 1 aliphatic rings. The molecule has 4 amide bonds. The highest BCUT2D eigenvalue weighted by atomic mass is 35.5. The second-order valence-electron chi connectivity index (χ2n) is 6.84. The number of barbiturate groups is 1. The van der Waals surface area contributed by atoms with Crippen LogP contribution in [-0.4, -0.2) is 33.9 Å². The lowest BCUT2D eigenvalue weighted by molar-refractivity contribution is -0.130. The van der Waals surface area contributed by atoms with Crippen molar-refractivity contribution in [3.63, 3.8) is 0 Å². The summed E-state index contributed by atoms with van der Waals surface area (Å²) in [5.41, 5.74) is 0.444. The van der Waals surface area contributed by atoms with Gasteiger partial charge in [-0.15, -0.1) is 0 Å². The molecule has 0 spiro atoms. The summed E-state index contributed by atoms with van der Waals surface area (Å²) < 4.78 is 12.7. The first kappa shape index (κ1) is 21.7. The SMILES string of the molecule is O=C1NC(=O)N(Cc2ccco2)C(=O)/C1=C/c1cccn1CCOc1ccc(Cl)cc1Cl. The van der Waals surface area contributed by atoms with Crippen LogP contribution in [0.2, 0.25) is 10.0 Å². The lowest BCUT2D eigenvalue weighted by Crippen LogP contribution is -2.53. The number of ether oxygens (including phenoxy) is 1. The van der Waals surface area contributed by atoms with Crippen molar-refractivity contribution in [2.24, 2.45) is 0 Å². The summed E-state index contributed by atoms with van der Waals surface area (Å²) in [6.07, 6.45) is 4.67. The summed E-state index contributed by atoms with van der Waals surface area (Å²) in [5.74, 6) is -0.541. The van der Waals surface area contributed by atoms with Gasteiger partial charge in [0.15, 0.2) is 0 Å². The van der Waals surface area contributed by atoms with Crippen LogP contribution in [0.5, 0.6) is 5.75 Å². The van der Waals surface area contributed by atoms with Gasteiger partial charge in [0.25, 0.3) is 11.8 Å². The molecule has 0 radical (unpaired) electrons. The maximum atomic E-state index is 12.8. The van der Waals surface area contributed by atoms with Crippen LogP contribution in [-0.2, 0) is 22.7 Å². The number of imide groups is 2. The van der Waals surface area contributed by atoms with E-state index in [9.17, 15) is 14.4 Å². The van der Waals surface area contributed by atoms with Gasteiger partial charge in [-0.1, -0.05) is 23.2 Å². The average molecular weight is 474 g/mol. The van der Waals surface area contributed by atoms with Crippen molar-refractivity contribution in [2.45, 2.75) is 13.1 Å². The average Bonchev–Trinajstić information content (AvgIpc) is 3.42. The van der Waals surface area contributed by atoms with Gasteiger partial charge in [0.1, 0.15) is 23.7 Å². The molecule has 0 atom stereocenters. The number of aromatic nitrogens is 1. The first-order valence-corrected chi connectivity index (χ1v) is 10.3. The largest absolute Gasteiger partial charge is 0.490 e. The van der Waals surface area contributed by atoms with Crippen molar-refractivity contribution in [1.29, 1.82) is 0 Å². The molecule has 164 valence electrons. The fraction of sp³-hybridized carbons (Fsp3) is 0.136. The Bertz CT molecular complexity index is 1200. The number of amides is 4. The van der Waals surface area contributed by atoms with E-state index >= 15 is 0 Å². The van der Waals surface area contributed by atoms with Crippen molar-refractivity contribution in [3.05, 3.63) is 82.0 Å². The highest BCUT2D eigenvalue weighted by Gasteiger charge is 2.36. The Labute approximate surface area is 192 Å². The molecular formula is C22H17Cl2N3O5. The number of furan rings is 1.